The molecule has 0 unspecified atom stereocenters. The Labute approximate surface area is 209 Å². The fourth-order valence-corrected chi connectivity index (χ4v) is 4.43. The zero-order valence-corrected chi connectivity index (χ0v) is 22.2. The number of rotatable bonds is 9. The number of hydrogen-bond acceptors (Lipinski definition) is 4. The van der Waals surface area contributed by atoms with Gasteiger partial charge in [-0.2, -0.15) is 0 Å². The minimum absolute atomic E-state index is 0. The molecule has 32 heavy (non-hydrogen) atoms. The van der Waals surface area contributed by atoms with Crippen LogP contribution in [0.4, 0.5) is 0 Å². The van der Waals surface area contributed by atoms with E-state index < -0.39 is 9.84 Å². The zero-order valence-electron chi connectivity index (χ0n) is 19.0. The van der Waals surface area contributed by atoms with Crippen LogP contribution in [0.15, 0.2) is 58.4 Å². The molecule has 8 heteroatoms. The van der Waals surface area contributed by atoms with E-state index in [9.17, 15) is 8.42 Å². The van der Waals surface area contributed by atoms with Gasteiger partial charge in [0.15, 0.2) is 15.8 Å². The minimum Gasteiger partial charge on any atom is -0.357 e. The second kappa shape index (κ2) is 13.2. The van der Waals surface area contributed by atoms with E-state index in [-0.39, 0.29) is 24.0 Å². The molecule has 1 aliphatic rings. The quantitative estimate of drug-likeness (QED) is 0.210. The summed E-state index contributed by atoms with van der Waals surface area (Å²) in [4.78, 5) is 7.58. The number of guanidine groups is 1. The number of nitrogens with zero attached hydrogens (tertiary/aromatic N) is 2. The molecule has 0 atom stereocenters. The molecule has 0 bridgehead atoms. The van der Waals surface area contributed by atoms with Crippen LogP contribution in [0.25, 0.3) is 0 Å². The van der Waals surface area contributed by atoms with Gasteiger partial charge in [0.25, 0.3) is 0 Å². The number of halogens is 1. The Morgan fingerprint density at radius 2 is 1.78 bits per heavy atom. The summed E-state index contributed by atoms with van der Waals surface area (Å²) >= 11 is 0. The summed E-state index contributed by atoms with van der Waals surface area (Å²) in [6, 6.07) is 15.8. The number of fused-ring (bicyclic) bond motifs is 1. The van der Waals surface area contributed by atoms with Gasteiger partial charge < -0.3 is 10.6 Å². The van der Waals surface area contributed by atoms with Crippen LogP contribution < -0.4 is 10.6 Å². The van der Waals surface area contributed by atoms with Crippen molar-refractivity contribution in [2.45, 2.75) is 37.6 Å². The van der Waals surface area contributed by atoms with E-state index in [4.69, 9.17) is 4.99 Å². The first-order chi connectivity index (χ1) is 15.0. The Morgan fingerprint density at radius 1 is 1.06 bits per heavy atom. The van der Waals surface area contributed by atoms with Crippen molar-refractivity contribution in [3.63, 3.8) is 0 Å². The van der Waals surface area contributed by atoms with Gasteiger partial charge in [-0.3, -0.25) is 9.89 Å². The predicted octanol–water partition coefficient (Wildman–Crippen LogP) is 3.25. The average molecular weight is 571 g/mol. The lowest BCUT2D eigenvalue weighted by atomic mass is 10.00. The van der Waals surface area contributed by atoms with Crippen molar-refractivity contribution in [2.24, 2.45) is 4.99 Å². The molecule has 3 rings (SSSR count). The number of benzene rings is 2. The van der Waals surface area contributed by atoms with Crippen LogP contribution >= 0.6 is 24.0 Å². The highest BCUT2D eigenvalue weighted by molar-refractivity contribution is 14.0. The topological polar surface area (TPSA) is 73.8 Å². The van der Waals surface area contributed by atoms with Crippen molar-refractivity contribution in [2.75, 3.05) is 39.0 Å². The highest BCUT2D eigenvalue weighted by Gasteiger charge is 2.14. The molecule has 1 aliphatic heterocycles. The summed E-state index contributed by atoms with van der Waals surface area (Å²) in [5.74, 6) is 0.833. The van der Waals surface area contributed by atoms with Crippen molar-refractivity contribution in [1.29, 1.82) is 0 Å². The van der Waals surface area contributed by atoms with E-state index in [0.29, 0.717) is 4.90 Å². The molecule has 0 aromatic heterocycles. The van der Waals surface area contributed by atoms with E-state index in [1.54, 1.807) is 12.1 Å². The van der Waals surface area contributed by atoms with Gasteiger partial charge in [-0.05, 0) is 55.0 Å². The molecule has 2 N–H and O–H groups in total. The summed E-state index contributed by atoms with van der Waals surface area (Å²) in [6.07, 6.45) is 4.20. The third-order valence-corrected chi connectivity index (χ3v) is 6.64. The largest absolute Gasteiger partial charge is 0.357 e. The third-order valence-electron chi connectivity index (χ3n) is 5.51. The van der Waals surface area contributed by atoms with Gasteiger partial charge >= 0.3 is 0 Å². The van der Waals surface area contributed by atoms with Crippen LogP contribution in [0.5, 0.6) is 0 Å². The van der Waals surface area contributed by atoms with Crippen molar-refractivity contribution in [3.8, 4) is 0 Å². The van der Waals surface area contributed by atoms with Gasteiger partial charge in [-0.25, -0.2) is 8.42 Å². The molecule has 1 heterocycles. The maximum absolute atomic E-state index is 11.6. The lowest BCUT2D eigenvalue weighted by Crippen LogP contribution is -2.38. The van der Waals surface area contributed by atoms with Crippen LogP contribution in [0.1, 0.15) is 30.0 Å². The van der Waals surface area contributed by atoms with Crippen molar-refractivity contribution in [1.82, 2.24) is 15.5 Å². The summed E-state index contributed by atoms with van der Waals surface area (Å²) in [7, 11) is -3.14. The van der Waals surface area contributed by atoms with E-state index in [2.05, 4.69) is 46.7 Å². The van der Waals surface area contributed by atoms with Crippen molar-refractivity contribution < 1.29 is 8.42 Å². The molecule has 0 spiro atoms. The Kier molecular flexibility index (Phi) is 10.9. The molecule has 0 fully saturated rings. The molecule has 0 amide bonds. The van der Waals surface area contributed by atoms with E-state index >= 15 is 0 Å². The molecule has 6 nitrogen and oxygen atoms in total. The Balaban J connectivity index is 0.00000363. The summed E-state index contributed by atoms with van der Waals surface area (Å²) in [6.45, 7) is 7.63. The molecule has 2 aromatic carbocycles. The summed E-state index contributed by atoms with van der Waals surface area (Å²) < 4.78 is 23.1. The number of hydrogen-bond donors (Lipinski definition) is 2. The normalized spacial score (nSPS) is 14.4. The molecule has 0 aliphatic carbocycles. The van der Waals surface area contributed by atoms with Crippen LogP contribution in [0.3, 0.4) is 0 Å². The lowest BCUT2D eigenvalue weighted by Gasteiger charge is -2.28. The van der Waals surface area contributed by atoms with Gasteiger partial charge in [-0.1, -0.05) is 36.4 Å². The molecular formula is C24H35IN4O2S. The van der Waals surface area contributed by atoms with E-state index in [1.807, 2.05) is 12.1 Å². The second-order valence-corrected chi connectivity index (χ2v) is 10.0. The van der Waals surface area contributed by atoms with Crippen LogP contribution in [-0.4, -0.2) is 58.3 Å². The number of nitrogens with one attached hydrogen (secondary N) is 2. The molecule has 176 valence electrons. The first-order valence-corrected chi connectivity index (χ1v) is 12.9. The fourth-order valence-electron chi connectivity index (χ4n) is 3.80. The average Bonchev–Trinajstić information content (AvgIpc) is 2.76. The lowest BCUT2D eigenvalue weighted by molar-refractivity contribution is 0.252. The van der Waals surface area contributed by atoms with Gasteiger partial charge in [0.05, 0.1) is 4.90 Å². The highest BCUT2D eigenvalue weighted by atomic mass is 127. The molecule has 0 radical (unpaired) electrons. The van der Waals surface area contributed by atoms with Crippen molar-refractivity contribution >= 4 is 39.8 Å². The second-order valence-electron chi connectivity index (χ2n) is 8.00. The Morgan fingerprint density at radius 3 is 2.47 bits per heavy atom. The summed E-state index contributed by atoms with van der Waals surface area (Å²) in [5.41, 5.74) is 4.04. The number of aliphatic imine (C=N–C) groups is 1. The molecular weight excluding hydrogens is 535 g/mol. The van der Waals surface area contributed by atoms with E-state index in [1.165, 1.54) is 17.4 Å². The molecule has 0 saturated heterocycles. The van der Waals surface area contributed by atoms with Gasteiger partial charge in [-0.15, -0.1) is 24.0 Å². The first kappa shape index (κ1) is 26.6. The Bertz CT molecular complexity index is 978. The smallest absolute Gasteiger partial charge is 0.191 e. The van der Waals surface area contributed by atoms with Crippen LogP contribution in [0, 0.1) is 0 Å². The third kappa shape index (κ3) is 8.37. The predicted molar refractivity (Wildman–Crippen MR) is 143 cm³/mol. The maximum atomic E-state index is 11.6. The zero-order chi connectivity index (χ0) is 22.1. The Hall–Kier alpha value is -1.65. The standard InChI is InChI=1S/C24H34N4O2S.HI/c1-3-25-24(27-16-13-20-9-11-23(12-10-20)31(2,29)30)26-15-6-17-28-18-14-21-7-4-5-8-22(21)19-28;/h4-5,7-12H,3,6,13-19H2,1-2H3,(H2,25,26,27);1H. The van der Waals surface area contributed by atoms with Gasteiger partial charge in [0.1, 0.15) is 0 Å². The minimum atomic E-state index is -3.14. The van der Waals surface area contributed by atoms with E-state index in [0.717, 1.165) is 70.1 Å². The van der Waals surface area contributed by atoms with Gasteiger partial charge in [0, 0.05) is 45.5 Å². The van der Waals surface area contributed by atoms with Gasteiger partial charge in [0.2, 0.25) is 0 Å². The highest BCUT2D eigenvalue weighted by Crippen LogP contribution is 2.18. The maximum Gasteiger partial charge on any atom is 0.191 e. The van der Waals surface area contributed by atoms with Crippen molar-refractivity contribution in [3.05, 3.63) is 65.2 Å². The molecule has 0 saturated carbocycles. The SMILES string of the molecule is CCNC(=NCCCN1CCc2ccccc2C1)NCCc1ccc(S(C)(=O)=O)cc1.I. The summed E-state index contributed by atoms with van der Waals surface area (Å²) in [5, 5.41) is 6.67. The first-order valence-electron chi connectivity index (χ1n) is 11.1. The van der Waals surface area contributed by atoms with Crippen LogP contribution in [-0.2, 0) is 29.2 Å². The molecule has 2 aromatic rings. The van der Waals surface area contributed by atoms with Crippen LogP contribution in [0.2, 0.25) is 0 Å². The monoisotopic (exact) mass is 570 g/mol. The number of sulfone groups is 1. The fraction of sp³-hybridized carbons (Fsp3) is 0.458.